The largest absolute Gasteiger partial charge is 0.497 e. The molecule has 0 atom stereocenters. The van der Waals surface area contributed by atoms with Gasteiger partial charge >= 0.3 is 0 Å². The molecule has 130 valence electrons. The highest BCUT2D eigenvalue weighted by Gasteiger charge is 2.10. The third-order valence-electron chi connectivity index (χ3n) is 3.34. The van der Waals surface area contributed by atoms with Crippen LogP contribution in [-0.4, -0.2) is 38.9 Å². The Morgan fingerprint density at radius 3 is 2.64 bits per heavy atom. The lowest BCUT2D eigenvalue weighted by atomic mass is 10.2. The van der Waals surface area contributed by atoms with Crippen molar-refractivity contribution >= 4 is 23.8 Å². The number of aldehydes is 1. The van der Waals surface area contributed by atoms with Crippen LogP contribution in [0.15, 0.2) is 42.5 Å². The van der Waals surface area contributed by atoms with E-state index in [0.29, 0.717) is 23.3 Å². The lowest BCUT2D eigenvalue weighted by Crippen LogP contribution is -2.21. The maximum absolute atomic E-state index is 12.0. The summed E-state index contributed by atoms with van der Waals surface area (Å²) in [6, 6.07) is 11.2. The van der Waals surface area contributed by atoms with Crippen LogP contribution in [0.25, 0.3) is 0 Å². The number of methoxy groups -OCH3 is 1. The van der Waals surface area contributed by atoms with Gasteiger partial charge in [0.2, 0.25) is 0 Å². The number of carbonyl (C=O) groups is 3. The van der Waals surface area contributed by atoms with Gasteiger partial charge in [0.15, 0.2) is 12.9 Å². The molecule has 0 aliphatic rings. The van der Waals surface area contributed by atoms with Gasteiger partial charge < -0.3 is 20.1 Å². The summed E-state index contributed by atoms with van der Waals surface area (Å²) in [4.78, 5) is 34.7. The molecular formula is C18H18N2O5. The summed E-state index contributed by atoms with van der Waals surface area (Å²) in [5, 5.41) is 5.15. The molecule has 2 rings (SSSR count). The molecule has 0 aliphatic carbocycles. The molecule has 2 amide bonds. The van der Waals surface area contributed by atoms with E-state index in [4.69, 9.17) is 9.47 Å². The SMILES string of the molecule is CNC(=O)c1cccc(NC(=O)COc2ccc(OC)cc2C=O)c1. The third-order valence-corrected chi connectivity index (χ3v) is 3.34. The standard InChI is InChI=1S/C18H18N2O5/c1-19-18(23)12-4-3-5-14(8-12)20-17(22)11-25-16-7-6-15(24-2)9-13(16)10-21/h3-10H,11H2,1-2H3,(H,19,23)(H,20,22). The van der Waals surface area contributed by atoms with Gasteiger partial charge in [0.05, 0.1) is 12.7 Å². The van der Waals surface area contributed by atoms with Crippen LogP contribution in [0.2, 0.25) is 0 Å². The Morgan fingerprint density at radius 2 is 1.96 bits per heavy atom. The maximum Gasteiger partial charge on any atom is 0.262 e. The van der Waals surface area contributed by atoms with Gasteiger partial charge in [0.1, 0.15) is 11.5 Å². The fourth-order valence-electron chi connectivity index (χ4n) is 2.10. The molecule has 0 fully saturated rings. The molecule has 2 aromatic rings. The lowest BCUT2D eigenvalue weighted by Gasteiger charge is -2.10. The summed E-state index contributed by atoms with van der Waals surface area (Å²) in [6.45, 7) is -0.280. The highest BCUT2D eigenvalue weighted by molar-refractivity contribution is 5.97. The molecule has 0 spiro atoms. The first-order chi connectivity index (χ1) is 12.1. The number of nitrogens with one attached hydrogen (secondary N) is 2. The zero-order chi connectivity index (χ0) is 18.2. The highest BCUT2D eigenvalue weighted by Crippen LogP contribution is 2.22. The van der Waals surface area contributed by atoms with Crippen molar-refractivity contribution in [2.45, 2.75) is 0 Å². The monoisotopic (exact) mass is 342 g/mol. The molecular weight excluding hydrogens is 324 g/mol. The average molecular weight is 342 g/mol. The molecule has 7 nitrogen and oxygen atoms in total. The molecule has 0 heterocycles. The molecule has 0 unspecified atom stereocenters. The van der Waals surface area contributed by atoms with Crippen molar-refractivity contribution in [2.24, 2.45) is 0 Å². The minimum Gasteiger partial charge on any atom is -0.497 e. The quantitative estimate of drug-likeness (QED) is 0.750. The predicted molar refractivity (Wildman–Crippen MR) is 92.3 cm³/mol. The summed E-state index contributed by atoms with van der Waals surface area (Å²) in [5.41, 5.74) is 1.19. The van der Waals surface area contributed by atoms with E-state index in [-0.39, 0.29) is 23.8 Å². The van der Waals surface area contributed by atoms with Crippen LogP contribution in [0.4, 0.5) is 5.69 Å². The summed E-state index contributed by atoms with van der Waals surface area (Å²) in [7, 11) is 3.02. The predicted octanol–water partition coefficient (Wildman–Crippen LogP) is 1.88. The van der Waals surface area contributed by atoms with Crippen LogP contribution in [0.5, 0.6) is 11.5 Å². The minimum atomic E-state index is -0.415. The summed E-state index contributed by atoms with van der Waals surface area (Å²) < 4.78 is 10.4. The fourth-order valence-corrected chi connectivity index (χ4v) is 2.10. The maximum atomic E-state index is 12.0. The molecule has 0 saturated heterocycles. The average Bonchev–Trinajstić information content (AvgIpc) is 2.65. The molecule has 7 heteroatoms. The smallest absolute Gasteiger partial charge is 0.262 e. The Balaban J connectivity index is 1.99. The number of anilines is 1. The first kappa shape index (κ1) is 18.0. The van der Waals surface area contributed by atoms with Crippen LogP contribution in [0.1, 0.15) is 20.7 Å². The van der Waals surface area contributed by atoms with Crippen LogP contribution in [-0.2, 0) is 4.79 Å². The van der Waals surface area contributed by atoms with E-state index >= 15 is 0 Å². The number of amides is 2. The van der Waals surface area contributed by atoms with Gasteiger partial charge in [-0.1, -0.05) is 6.07 Å². The van der Waals surface area contributed by atoms with Crippen molar-refractivity contribution in [2.75, 3.05) is 26.1 Å². The second-order valence-corrected chi connectivity index (χ2v) is 5.02. The Labute approximate surface area is 144 Å². The summed E-state index contributed by atoms with van der Waals surface area (Å²) >= 11 is 0. The number of carbonyl (C=O) groups excluding carboxylic acids is 3. The zero-order valence-electron chi connectivity index (χ0n) is 13.9. The third kappa shape index (κ3) is 4.81. The van der Waals surface area contributed by atoms with Gasteiger partial charge in [-0.3, -0.25) is 14.4 Å². The zero-order valence-corrected chi connectivity index (χ0v) is 13.9. The van der Waals surface area contributed by atoms with Gasteiger partial charge in [-0.15, -0.1) is 0 Å². The molecule has 25 heavy (non-hydrogen) atoms. The Kier molecular flexibility index (Phi) is 6.11. The van der Waals surface area contributed by atoms with Crippen molar-refractivity contribution in [1.29, 1.82) is 0 Å². The van der Waals surface area contributed by atoms with E-state index in [1.165, 1.54) is 20.2 Å². The normalized spacial score (nSPS) is 9.84. The summed E-state index contributed by atoms with van der Waals surface area (Å²) in [5.74, 6) is 0.137. The van der Waals surface area contributed by atoms with E-state index in [1.54, 1.807) is 36.4 Å². The van der Waals surface area contributed by atoms with Crippen molar-refractivity contribution < 1.29 is 23.9 Å². The van der Waals surface area contributed by atoms with Crippen molar-refractivity contribution in [3.8, 4) is 11.5 Å². The van der Waals surface area contributed by atoms with Crippen molar-refractivity contribution in [3.63, 3.8) is 0 Å². The molecule has 2 N–H and O–H groups in total. The fraction of sp³-hybridized carbons (Fsp3) is 0.167. The highest BCUT2D eigenvalue weighted by atomic mass is 16.5. The van der Waals surface area contributed by atoms with Gasteiger partial charge in [0.25, 0.3) is 11.8 Å². The van der Waals surface area contributed by atoms with Crippen LogP contribution < -0.4 is 20.1 Å². The lowest BCUT2D eigenvalue weighted by molar-refractivity contribution is -0.118. The van der Waals surface area contributed by atoms with E-state index < -0.39 is 5.91 Å². The molecule has 0 radical (unpaired) electrons. The second-order valence-electron chi connectivity index (χ2n) is 5.02. The topological polar surface area (TPSA) is 93.7 Å². The van der Waals surface area contributed by atoms with E-state index in [2.05, 4.69) is 10.6 Å². The van der Waals surface area contributed by atoms with Crippen molar-refractivity contribution in [3.05, 3.63) is 53.6 Å². The van der Waals surface area contributed by atoms with Gasteiger partial charge in [0, 0.05) is 18.3 Å². The van der Waals surface area contributed by atoms with Crippen LogP contribution in [0.3, 0.4) is 0 Å². The van der Waals surface area contributed by atoms with Gasteiger partial charge in [-0.05, 0) is 36.4 Å². The molecule has 0 saturated carbocycles. The van der Waals surface area contributed by atoms with E-state index in [0.717, 1.165) is 0 Å². The number of ether oxygens (including phenoxy) is 2. The van der Waals surface area contributed by atoms with Crippen LogP contribution >= 0.6 is 0 Å². The minimum absolute atomic E-state index is 0.249. The van der Waals surface area contributed by atoms with E-state index in [1.807, 2.05) is 0 Å². The van der Waals surface area contributed by atoms with E-state index in [9.17, 15) is 14.4 Å². The Hall–Kier alpha value is -3.35. The van der Waals surface area contributed by atoms with Crippen molar-refractivity contribution in [1.82, 2.24) is 5.32 Å². The Morgan fingerprint density at radius 1 is 1.16 bits per heavy atom. The Bertz CT molecular complexity index is 789. The number of benzene rings is 2. The first-order valence-electron chi connectivity index (χ1n) is 7.45. The number of rotatable bonds is 7. The first-order valence-corrected chi connectivity index (χ1v) is 7.45. The van der Waals surface area contributed by atoms with Gasteiger partial charge in [-0.2, -0.15) is 0 Å². The number of hydrogen-bond acceptors (Lipinski definition) is 5. The summed E-state index contributed by atoms with van der Waals surface area (Å²) in [6.07, 6.45) is 0.628. The second kappa shape index (κ2) is 8.49. The molecule has 0 aromatic heterocycles. The molecule has 2 aromatic carbocycles. The number of hydrogen-bond donors (Lipinski definition) is 2. The molecule has 0 aliphatic heterocycles. The van der Waals surface area contributed by atoms with Gasteiger partial charge in [-0.25, -0.2) is 0 Å². The van der Waals surface area contributed by atoms with Crippen LogP contribution in [0, 0.1) is 0 Å². The molecule has 0 bridgehead atoms.